The minimum Gasteiger partial charge on any atom is -0.480 e. The lowest BCUT2D eigenvalue weighted by atomic mass is 9.97. The van der Waals surface area contributed by atoms with Gasteiger partial charge in [-0.3, -0.25) is 4.79 Å². The Morgan fingerprint density at radius 1 is 1.22 bits per heavy atom. The van der Waals surface area contributed by atoms with E-state index in [-0.39, 0.29) is 12.3 Å². The summed E-state index contributed by atoms with van der Waals surface area (Å²) in [5.74, 6) is -2.64. The van der Waals surface area contributed by atoms with Crippen molar-refractivity contribution in [1.82, 2.24) is 0 Å². The number of halogens is 2. The molecule has 1 N–H and O–H groups in total. The Morgan fingerprint density at radius 2 is 1.78 bits per heavy atom. The largest absolute Gasteiger partial charge is 0.480 e. The first kappa shape index (κ1) is 17.7. The number of aliphatic carboxylic acids is 1. The normalized spacial score (nSPS) is 15.7. The van der Waals surface area contributed by atoms with Crippen LogP contribution in [-0.2, 0) is 4.79 Å². The van der Waals surface area contributed by atoms with Crippen molar-refractivity contribution in [1.29, 1.82) is 0 Å². The highest BCUT2D eigenvalue weighted by molar-refractivity contribution is 8.01. The van der Waals surface area contributed by atoms with Crippen LogP contribution in [0.3, 0.4) is 0 Å². The van der Waals surface area contributed by atoms with Gasteiger partial charge in [-0.25, -0.2) is 8.78 Å². The van der Waals surface area contributed by atoms with Gasteiger partial charge in [0.1, 0.15) is 4.75 Å². The standard InChI is InChI=1S/C13H24F2O2S/c1-10(2)13(4,11(16)17)18-9-7-5-6-8-12(3,14)15/h10H,5-9H2,1-4H3,(H,16,17). The van der Waals surface area contributed by atoms with E-state index in [2.05, 4.69) is 0 Å². The maximum absolute atomic E-state index is 12.5. The second kappa shape index (κ2) is 7.31. The van der Waals surface area contributed by atoms with Crippen LogP contribution >= 0.6 is 11.8 Å². The van der Waals surface area contributed by atoms with Crippen LogP contribution in [0.2, 0.25) is 0 Å². The van der Waals surface area contributed by atoms with E-state index in [0.29, 0.717) is 12.2 Å². The predicted molar refractivity (Wildman–Crippen MR) is 72.4 cm³/mol. The van der Waals surface area contributed by atoms with Gasteiger partial charge in [-0.15, -0.1) is 11.8 Å². The summed E-state index contributed by atoms with van der Waals surface area (Å²) < 4.78 is 24.3. The Labute approximate surface area is 113 Å². The smallest absolute Gasteiger partial charge is 0.319 e. The number of carboxylic acid groups (broad SMARTS) is 1. The van der Waals surface area contributed by atoms with Gasteiger partial charge < -0.3 is 5.11 Å². The van der Waals surface area contributed by atoms with Crippen LogP contribution in [0.5, 0.6) is 0 Å². The molecule has 0 saturated heterocycles. The van der Waals surface area contributed by atoms with E-state index in [4.69, 9.17) is 0 Å². The number of thioether (sulfide) groups is 1. The zero-order chi connectivity index (χ0) is 14.4. The average Bonchev–Trinajstić information content (AvgIpc) is 2.20. The molecule has 1 unspecified atom stereocenters. The van der Waals surface area contributed by atoms with Gasteiger partial charge in [0, 0.05) is 6.42 Å². The highest BCUT2D eigenvalue weighted by atomic mass is 32.2. The van der Waals surface area contributed by atoms with Crippen LogP contribution in [0, 0.1) is 5.92 Å². The van der Waals surface area contributed by atoms with Gasteiger partial charge in [-0.2, -0.15) is 0 Å². The third kappa shape index (κ3) is 6.57. The van der Waals surface area contributed by atoms with Crippen LogP contribution in [0.1, 0.15) is 53.4 Å². The maximum Gasteiger partial charge on any atom is 0.319 e. The molecule has 2 nitrogen and oxygen atoms in total. The van der Waals surface area contributed by atoms with Crippen molar-refractivity contribution in [2.45, 2.75) is 64.0 Å². The second-order valence-corrected chi connectivity index (χ2v) is 6.84. The fourth-order valence-electron chi connectivity index (χ4n) is 1.47. The van der Waals surface area contributed by atoms with Crippen molar-refractivity contribution < 1.29 is 18.7 Å². The second-order valence-electron chi connectivity index (χ2n) is 5.30. The van der Waals surface area contributed by atoms with Gasteiger partial charge in [-0.1, -0.05) is 20.3 Å². The van der Waals surface area contributed by atoms with Gasteiger partial charge in [0.2, 0.25) is 5.92 Å². The minimum absolute atomic E-state index is 0.0416. The molecule has 0 aliphatic carbocycles. The first-order chi connectivity index (χ1) is 8.09. The van der Waals surface area contributed by atoms with E-state index in [0.717, 1.165) is 19.8 Å². The molecule has 0 aromatic heterocycles. The van der Waals surface area contributed by atoms with Crippen molar-refractivity contribution >= 4 is 17.7 Å². The molecule has 0 aliphatic rings. The third-order valence-electron chi connectivity index (χ3n) is 3.19. The molecule has 1 atom stereocenters. The van der Waals surface area contributed by atoms with Crippen LogP contribution < -0.4 is 0 Å². The molecule has 0 aromatic carbocycles. The molecule has 0 heterocycles. The molecule has 0 aliphatic heterocycles. The number of alkyl halides is 2. The Bertz CT molecular complexity index is 264. The summed E-state index contributed by atoms with van der Waals surface area (Å²) in [6.07, 6.45) is 1.92. The summed E-state index contributed by atoms with van der Waals surface area (Å²) in [6.45, 7) is 6.43. The summed E-state index contributed by atoms with van der Waals surface area (Å²) in [5, 5.41) is 9.19. The van der Waals surface area contributed by atoms with Crippen LogP contribution in [-0.4, -0.2) is 27.5 Å². The molecule has 0 rings (SSSR count). The van der Waals surface area contributed by atoms with Gasteiger partial charge in [0.05, 0.1) is 0 Å². The zero-order valence-corrected chi connectivity index (χ0v) is 12.4. The lowest BCUT2D eigenvalue weighted by Crippen LogP contribution is -2.37. The minimum atomic E-state index is -2.58. The lowest BCUT2D eigenvalue weighted by Gasteiger charge is -2.28. The maximum atomic E-state index is 12.5. The van der Waals surface area contributed by atoms with Gasteiger partial charge >= 0.3 is 5.97 Å². The lowest BCUT2D eigenvalue weighted by molar-refractivity contribution is -0.140. The Morgan fingerprint density at radius 3 is 2.17 bits per heavy atom. The molecule has 0 aromatic rings. The number of carbonyl (C=O) groups is 1. The fraction of sp³-hybridized carbons (Fsp3) is 0.923. The highest BCUT2D eigenvalue weighted by Crippen LogP contribution is 2.34. The zero-order valence-electron chi connectivity index (χ0n) is 11.6. The predicted octanol–water partition coefficient (Wildman–Crippen LogP) is 4.43. The molecule has 0 radical (unpaired) electrons. The summed E-state index contributed by atoms with van der Waals surface area (Å²) in [6, 6.07) is 0. The Hall–Kier alpha value is -0.320. The number of carboxylic acids is 1. The first-order valence-corrected chi connectivity index (χ1v) is 7.33. The fourth-order valence-corrected chi connectivity index (χ4v) is 2.70. The van der Waals surface area contributed by atoms with E-state index in [1.807, 2.05) is 13.8 Å². The van der Waals surface area contributed by atoms with Gasteiger partial charge in [-0.05, 0) is 38.4 Å². The van der Waals surface area contributed by atoms with E-state index < -0.39 is 16.6 Å². The molecular formula is C13H24F2O2S. The average molecular weight is 282 g/mol. The first-order valence-electron chi connectivity index (χ1n) is 6.35. The summed E-state index contributed by atoms with van der Waals surface area (Å²) >= 11 is 1.41. The molecular weight excluding hydrogens is 258 g/mol. The number of unbranched alkanes of at least 4 members (excludes halogenated alkanes) is 2. The Balaban J connectivity index is 3.86. The summed E-state index contributed by atoms with van der Waals surface area (Å²) in [5.41, 5.74) is 0. The Kier molecular flexibility index (Phi) is 7.18. The van der Waals surface area contributed by atoms with Gasteiger partial charge in [0.25, 0.3) is 0 Å². The van der Waals surface area contributed by atoms with Crippen molar-refractivity contribution in [3.05, 3.63) is 0 Å². The highest BCUT2D eigenvalue weighted by Gasteiger charge is 2.36. The summed E-state index contributed by atoms with van der Waals surface area (Å²) in [7, 11) is 0. The van der Waals surface area contributed by atoms with Crippen LogP contribution in [0.15, 0.2) is 0 Å². The van der Waals surface area contributed by atoms with Crippen molar-refractivity contribution in [3.63, 3.8) is 0 Å². The molecule has 0 amide bonds. The molecule has 0 saturated carbocycles. The van der Waals surface area contributed by atoms with Gasteiger partial charge in [0.15, 0.2) is 0 Å². The van der Waals surface area contributed by atoms with E-state index >= 15 is 0 Å². The number of rotatable bonds is 9. The van der Waals surface area contributed by atoms with Crippen molar-refractivity contribution in [2.75, 3.05) is 5.75 Å². The monoisotopic (exact) mass is 282 g/mol. The SMILES string of the molecule is CC(C)C(C)(SCCCCCC(C)(F)F)C(=O)O. The molecule has 0 bridgehead atoms. The third-order valence-corrected chi connectivity index (χ3v) is 4.93. The number of hydrogen-bond acceptors (Lipinski definition) is 2. The molecule has 108 valence electrons. The van der Waals surface area contributed by atoms with Crippen LogP contribution in [0.4, 0.5) is 8.78 Å². The molecule has 0 fully saturated rings. The molecule has 5 heteroatoms. The van der Waals surface area contributed by atoms with Crippen molar-refractivity contribution in [2.24, 2.45) is 5.92 Å². The van der Waals surface area contributed by atoms with E-state index in [1.165, 1.54) is 11.8 Å². The summed E-state index contributed by atoms with van der Waals surface area (Å²) in [4.78, 5) is 11.2. The van der Waals surface area contributed by atoms with E-state index in [9.17, 15) is 18.7 Å². The molecule has 0 spiro atoms. The van der Waals surface area contributed by atoms with Crippen LogP contribution in [0.25, 0.3) is 0 Å². The van der Waals surface area contributed by atoms with Crippen molar-refractivity contribution in [3.8, 4) is 0 Å². The molecule has 18 heavy (non-hydrogen) atoms. The quantitative estimate of drug-likeness (QED) is 0.635. The van der Waals surface area contributed by atoms with E-state index in [1.54, 1.807) is 6.92 Å². The number of hydrogen-bond donors (Lipinski definition) is 1. The topological polar surface area (TPSA) is 37.3 Å².